The lowest BCUT2D eigenvalue weighted by Crippen LogP contribution is -2.22. The van der Waals surface area contributed by atoms with Crippen LogP contribution in [0.3, 0.4) is 0 Å². The zero-order valence-electron chi connectivity index (χ0n) is 15.0. The molecule has 0 radical (unpaired) electrons. The summed E-state index contributed by atoms with van der Waals surface area (Å²) in [5, 5.41) is 14.9. The van der Waals surface area contributed by atoms with Gasteiger partial charge in [0.25, 0.3) is 0 Å². The average molecular weight is 345 g/mol. The van der Waals surface area contributed by atoms with E-state index in [2.05, 4.69) is 45.5 Å². The van der Waals surface area contributed by atoms with Crippen LogP contribution in [0.1, 0.15) is 49.5 Å². The number of nitrogens with one attached hydrogen (secondary N) is 2. The van der Waals surface area contributed by atoms with Gasteiger partial charge in [-0.05, 0) is 31.4 Å². The van der Waals surface area contributed by atoms with Crippen molar-refractivity contribution in [3.05, 3.63) is 35.0 Å². The van der Waals surface area contributed by atoms with Crippen molar-refractivity contribution in [2.75, 3.05) is 6.54 Å². The molecule has 0 atom stereocenters. The second kappa shape index (κ2) is 8.29. The highest BCUT2D eigenvalue weighted by atomic mass is 16.5. The minimum Gasteiger partial charge on any atom is -0.359 e. The molecule has 0 spiro atoms. The smallest absolute Gasteiger partial charge is 0.220 e. The third kappa shape index (κ3) is 5.16. The Balaban J connectivity index is 1.43. The van der Waals surface area contributed by atoms with E-state index in [1.54, 1.807) is 0 Å². The van der Waals surface area contributed by atoms with Crippen molar-refractivity contribution in [2.24, 2.45) is 5.92 Å². The first-order chi connectivity index (χ1) is 12.1. The van der Waals surface area contributed by atoms with Crippen molar-refractivity contribution < 1.29 is 9.32 Å². The number of rotatable bonds is 7. The Morgan fingerprint density at radius 3 is 3.12 bits per heavy atom. The molecular formula is C18H27N5O2. The number of nitrogens with zero attached hydrogens (tertiary/aromatic N) is 3. The second-order valence-electron chi connectivity index (χ2n) is 7.04. The van der Waals surface area contributed by atoms with Crippen molar-refractivity contribution in [3.63, 3.8) is 0 Å². The molecule has 1 aliphatic heterocycles. The fourth-order valence-electron chi connectivity index (χ4n) is 3.01. The van der Waals surface area contributed by atoms with Gasteiger partial charge in [-0.15, -0.1) is 0 Å². The lowest BCUT2D eigenvalue weighted by Gasteiger charge is -2.02. The zero-order valence-corrected chi connectivity index (χ0v) is 15.0. The molecule has 7 heteroatoms. The van der Waals surface area contributed by atoms with Gasteiger partial charge in [-0.1, -0.05) is 19.0 Å². The van der Waals surface area contributed by atoms with Crippen LogP contribution in [-0.2, 0) is 37.3 Å². The quantitative estimate of drug-likeness (QED) is 0.799. The van der Waals surface area contributed by atoms with E-state index in [4.69, 9.17) is 4.52 Å². The van der Waals surface area contributed by atoms with Crippen molar-refractivity contribution in [1.82, 2.24) is 25.6 Å². The van der Waals surface area contributed by atoms with Crippen LogP contribution in [0.2, 0.25) is 0 Å². The molecule has 2 N–H and O–H groups in total. The number of aromatic nitrogens is 3. The molecule has 7 nitrogen and oxygen atoms in total. The molecule has 25 heavy (non-hydrogen) atoms. The summed E-state index contributed by atoms with van der Waals surface area (Å²) in [5.41, 5.74) is 3.12. The highest BCUT2D eigenvalue weighted by Crippen LogP contribution is 2.11. The third-order valence-electron chi connectivity index (χ3n) is 4.24. The number of amides is 1. The van der Waals surface area contributed by atoms with E-state index in [-0.39, 0.29) is 5.91 Å². The Hall–Kier alpha value is -2.15. The highest BCUT2D eigenvalue weighted by Gasteiger charge is 2.12. The first-order valence-corrected chi connectivity index (χ1v) is 9.07. The molecule has 1 amide bonds. The van der Waals surface area contributed by atoms with Gasteiger partial charge in [0.15, 0.2) is 5.76 Å². The summed E-state index contributed by atoms with van der Waals surface area (Å²) in [6.07, 6.45) is 3.06. The Labute approximate surface area is 148 Å². The van der Waals surface area contributed by atoms with Crippen LogP contribution in [0.5, 0.6) is 0 Å². The lowest BCUT2D eigenvalue weighted by molar-refractivity contribution is -0.121. The molecule has 3 heterocycles. The van der Waals surface area contributed by atoms with Crippen LogP contribution < -0.4 is 10.6 Å². The van der Waals surface area contributed by atoms with E-state index < -0.39 is 0 Å². The number of carbonyl (C=O) groups is 1. The molecule has 0 unspecified atom stereocenters. The normalized spacial score (nSPS) is 14.4. The maximum absolute atomic E-state index is 12.1. The zero-order chi connectivity index (χ0) is 17.6. The monoisotopic (exact) mass is 345 g/mol. The molecule has 0 fully saturated rings. The molecule has 0 aromatic carbocycles. The van der Waals surface area contributed by atoms with E-state index in [0.717, 1.165) is 43.9 Å². The van der Waals surface area contributed by atoms with Gasteiger partial charge in [0.2, 0.25) is 5.91 Å². The highest BCUT2D eigenvalue weighted by molar-refractivity contribution is 5.76. The van der Waals surface area contributed by atoms with E-state index in [9.17, 15) is 4.79 Å². The van der Waals surface area contributed by atoms with Gasteiger partial charge >= 0.3 is 0 Å². The minimum atomic E-state index is 0.00290. The van der Waals surface area contributed by atoms with Crippen LogP contribution in [0.4, 0.5) is 0 Å². The summed E-state index contributed by atoms with van der Waals surface area (Å²) in [7, 11) is 0. The molecule has 0 bridgehead atoms. The first-order valence-electron chi connectivity index (χ1n) is 9.07. The van der Waals surface area contributed by atoms with Crippen LogP contribution in [-0.4, -0.2) is 27.4 Å². The number of fused-ring (bicyclic) bond motifs is 1. The predicted octanol–water partition coefficient (Wildman–Crippen LogP) is 1.81. The Morgan fingerprint density at radius 2 is 2.28 bits per heavy atom. The number of carbonyl (C=O) groups excluding carboxylic acids is 1. The summed E-state index contributed by atoms with van der Waals surface area (Å²) in [6, 6.07) is 4.01. The molecule has 0 saturated heterocycles. The van der Waals surface area contributed by atoms with Gasteiger partial charge in [0.05, 0.1) is 23.6 Å². The SMILES string of the molecule is CC(C)Cc1cc(CNC(=O)CCc2cc3n(n2)CCCNC3)on1. The van der Waals surface area contributed by atoms with Crippen LogP contribution >= 0.6 is 0 Å². The third-order valence-corrected chi connectivity index (χ3v) is 4.24. The largest absolute Gasteiger partial charge is 0.359 e. The fraction of sp³-hybridized carbons (Fsp3) is 0.611. The van der Waals surface area contributed by atoms with Crippen LogP contribution in [0.15, 0.2) is 16.7 Å². The van der Waals surface area contributed by atoms with Gasteiger partial charge in [-0.2, -0.15) is 5.10 Å². The van der Waals surface area contributed by atoms with Crippen molar-refractivity contribution in [2.45, 2.75) is 59.2 Å². The minimum absolute atomic E-state index is 0.00290. The maximum Gasteiger partial charge on any atom is 0.220 e. The van der Waals surface area contributed by atoms with Gasteiger partial charge in [-0.3, -0.25) is 9.48 Å². The molecule has 1 aliphatic rings. The Kier molecular flexibility index (Phi) is 5.86. The molecule has 136 valence electrons. The molecule has 2 aromatic rings. The Bertz CT molecular complexity index is 681. The summed E-state index contributed by atoms with van der Waals surface area (Å²) in [4.78, 5) is 12.1. The summed E-state index contributed by atoms with van der Waals surface area (Å²) in [5.74, 6) is 1.24. The molecule has 3 rings (SSSR count). The van der Waals surface area contributed by atoms with Crippen LogP contribution in [0.25, 0.3) is 0 Å². The predicted molar refractivity (Wildman–Crippen MR) is 93.8 cm³/mol. The van der Waals surface area contributed by atoms with Gasteiger partial charge < -0.3 is 15.2 Å². The van der Waals surface area contributed by atoms with Crippen molar-refractivity contribution in [1.29, 1.82) is 0 Å². The topological polar surface area (TPSA) is 85.0 Å². The molecule has 0 saturated carbocycles. The summed E-state index contributed by atoms with van der Waals surface area (Å²) in [6.45, 7) is 7.49. The van der Waals surface area contributed by atoms with Crippen LogP contribution in [0, 0.1) is 5.92 Å². The van der Waals surface area contributed by atoms with E-state index in [1.165, 1.54) is 5.69 Å². The van der Waals surface area contributed by atoms with E-state index >= 15 is 0 Å². The Morgan fingerprint density at radius 1 is 1.40 bits per heavy atom. The average Bonchev–Trinajstić information content (AvgIpc) is 3.11. The molecule has 0 aliphatic carbocycles. The molecule has 2 aromatic heterocycles. The van der Waals surface area contributed by atoms with Crippen molar-refractivity contribution in [3.8, 4) is 0 Å². The molecular weight excluding hydrogens is 318 g/mol. The fourth-order valence-corrected chi connectivity index (χ4v) is 3.01. The first kappa shape index (κ1) is 17.7. The van der Waals surface area contributed by atoms with Crippen molar-refractivity contribution >= 4 is 5.91 Å². The maximum atomic E-state index is 12.1. The second-order valence-corrected chi connectivity index (χ2v) is 7.04. The number of aryl methyl sites for hydroxylation is 2. The number of hydrogen-bond acceptors (Lipinski definition) is 5. The standard InChI is InChI=1S/C18H27N5O2/c1-13(2)8-15-10-17(25-22-15)12-20-18(24)5-4-14-9-16-11-19-6-3-7-23(16)21-14/h9-10,13,19H,3-8,11-12H2,1-2H3,(H,20,24). The lowest BCUT2D eigenvalue weighted by atomic mass is 10.1. The summed E-state index contributed by atoms with van der Waals surface area (Å²) >= 11 is 0. The number of hydrogen-bond donors (Lipinski definition) is 2. The van der Waals surface area contributed by atoms with Gasteiger partial charge in [0.1, 0.15) is 0 Å². The van der Waals surface area contributed by atoms with Gasteiger partial charge in [-0.25, -0.2) is 0 Å². The summed E-state index contributed by atoms with van der Waals surface area (Å²) < 4.78 is 7.31. The van der Waals surface area contributed by atoms with Gasteiger partial charge in [0, 0.05) is 32.0 Å². The van der Waals surface area contributed by atoms with E-state index in [1.807, 2.05) is 6.07 Å². The van der Waals surface area contributed by atoms with E-state index in [0.29, 0.717) is 31.1 Å².